The Morgan fingerprint density at radius 1 is 1.04 bits per heavy atom. The van der Waals surface area contributed by atoms with Crippen LogP contribution in [0.4, 0.5) is 0 Å². The van der Waals surface area contributed by atoms with Gasteiger partial charge >= 0.3 is 0 Å². The van der Waals surface area contributed by atoms with Crippen molar-refractivity contribution < 1.29 is 19.1 Å². The molecule has 0 radical (unpaired) electrons. The number of ether oxygens (including phenoxy) is 2. The molecule has 3 rings (SSSR count). The zero-order valence-electron chi connectivity index (χ0n) is 17.0. The molecule has 5 nitrogen and oxygen atoms in total. The predicted molar refractivity (Wildman–Crippen MR) is 105 cm³/mol. The van der Waals surface area contributed by atoms with Gasteiger partial charge in [0.05, 0.1) is 5.92 Å². The van der Waals surface area contributed by atoms with E-state index in [1.807, 2.05) is 32.9 Å². The van der Waals surface area contributed by atoms with Gasteiger partial charge in [-0.25, -0.2) is 0 Å². The molecule has 1 unspecified atom stereocenters. The zero-order chi connectivity index (χ0) is 19.9. The minimum absolute atomic E-state index is 0.170. The van der Waals surface area contributed by atoms with Crippen LogP contribution < -0.4 is 5.32 Å². The second-order valence-electron chi connectivity index (χ2n) is 6.99. The first-order chi connectivity index (χ1) is 13.1. The van der Waals surface area contributed by atoms with E-state index in [2.05, 4.69) is 17.4 Å². The van der Waals surface area contributed by atoms with Crippen LogP contribution in [0.3, 0.4) is 0 Å². The summed E-state index contributed by atoms with van der Waals surface area (Å²) in [6.07, 6.45) is 4.88. The third-order valence-corrected chi connectivity index (χ3v) is 5.58. The Morgan fingerprint density at radius 2 is 1.63 bits per heavy atom. The number of amides is 2. The minimum atomic E-state index is -0.419. The second kappa shape index (κ2) is 10.00. The van der Waals surface area contributed by atoms with E-state index >= 15 is 0 Å². The van der Waals surface area contributed by atoms with Crippen LogP contribution in [0.15, 0.2) is 24.3 Å². The maximum Gasteiger partial charge on any atom is 0.234 e. The molecule has 2 aliphatic rings. The molecule has 0 aromatic heterocycles. The predicted octanol–water partition coefficient (Wildman–Crippen LogP) is 4.27. The van der Waals surface area contributed by atoms with Crippen LogP contribution in [-0.2, 0) is 19.1 Å². The Kier molecular flexibility index (Phi) is 7.99. The van der Waals surface area contributed by atoms with Gasteiger partial charge in [-0.05, 0) is 43.2 Å². The average Bonchev–Trinajstić information content (AvgIpc) is 2.71. The number of carbonyl (C=O) groups excluding carboxylic acids is 2. The van der Waals surface area contributed by atoms with E-state index in [-0.39, 0.29) is 17.7 Å². The first-order valence-electron chi connectivity index (χ1n) is 10.2. The second-order valence-corrected chi connectivity index (χ2v) is 6.99. The summed E-state index contributed by atoms with van der Waals surface area (Å²) in [5.41, 5.74) is 2.29. The lowest BCUT2D eigenvalue weighted by Gasteiger charge is -2.38. The molecule has 1 saturated carbocycles. The zero-order valence-corrected chi connectivity index (χ0v) is 17.0. The van der Waals surface area contributed by atoms with E-state index < -0.39 is 5.79 Å². The molecule has 1 aromatic rings. The molecule has 1 heterocycles. The molecule has 5 heteroatoms. The number of carbonyl (C=O) groups is 2. The number of hydrogen-bond acceptors (Lipinski definition) is 4. The van der Waals surface area contributed by atoms with Crippen LogP contribution in [0, 0.1) is 0 Å². The van der Waals surface area contributed by atoms with Gasteiger partial charge in [-0.1, -0.05) is 38.1 Å². The lowest BCUT2D eigenvalue weighted by molar-refractivity contribution is -0.237. The number of benzene rings is 1. The highest BCUT2D eigenvalue weighted by atomic mass is 16.7. The van der Waals surface area contributed by atoms with Gasteiger partial charge in [-0.2, -0.15) is 0 Å². The average molecular weight is 376 g/mol. The van der Waals surface area contributed by atoms with Crippen molar-refractivity contribution in [2.45, 2.75) is 76.9 Å². The van der Waals surface area contributed by atoms with Crippen molar-refractivity contribution in [2.75, 3.05) is 13.7 Å². The molecular weight excluding hydrogens is 342 g/mol. The normalized spacial score (nSPS) is 28.1. The quantitative estimate of drug-likeness (QED) is 0.617. The number of rotatable bonds is 5. The Labute approximate surface area is 162 Å². The summed E-state index contributed by atoms with van der Waals surface area (Å²) in [6, 6.07) is 8.33. The van der Waals surface area contributed by atoms with Gasteiger partial charge in [0.25, 0.3) is 0 Å². The van der Waals surface area contributed by atoms with Crippen molar-refractivity contribution in [3.05, 3.63) is 35.4 Å². The van der Waals surface area contributed by atoms with Crippen LogP contribution >= 0.6 is 0 Å². The van der Waals surface area contributed by atoms with Gasteiger partial charge in [0.15, 0.2) is 5.79 Å². The molecule has 1 aliphatic carbocycles. The fourth-order valence-electron chi connectivity index (χ4n) is 4.07. The van der Waals surface area contributed by atoms with E-state index in [0.29, 0.717) is 25.4 Å². The standard InChI is InChI=1S/C20H27NO4.C2H6/c1-3-25-20(24-2)12-10-15(11-13-20)14-4-6-16(7-5-14)17-8-9-18(22)21-19(17)23;1-2/h4-7,15,17H,3,8-13H2,1-2H3,(H,21,22,23);1-2H3. The van der Waals surface area contributed by atoms with E-state index in [1.165, 1.54) is 5.56 Å². The van der Waals surface area contributed by atoms with Crippen LogP contribution in [0.1, 0.15) is 82.3 Å². The van der Waals surface area contributed by atoms with Gasteiger partial charge in [-0.15, -0.1) is 0 Å². The maximum absolute atomic E-state index is 12.0. The maximum atomic E-state index is 12.0. The molecule has 1 aliphatic heterocycles. The van der Waals surface area contributed by atoms with Crippen molar-refractivity contribution in [1.82, 2.24) is 5.32 Å². The highest BCUT2D eigenvalue weighted by molar-refractivity contribution is 6.00. The van der Waals surface area contributed by atoms with E-state index in [1.54, 1.807) is 7.11 Å². The molecule has 1 atom stereocenters. The molecule has 1 N–H and O–H groups in total. The number of imide groups is 1. The van der Waals surface area contributed by atoms with Crippen molar-refractivity contribution >= 4 is 11.8 Å². The largest absolute Gasteiger partial charge is 0.353 e. The summed E-state index contributed by atoms with van der Waals surface area (Å²) < 4.78 is 11.5. The topological polar surface area (TPSA) is 64.6 Å². The highest BCUT2D eigenvalue weighted by Gasteiger charge is 2.36. The fourth-order valence-corrected chi connectivity index (χ4v) is 4.07. The Morgan fingerprint density at radius 3 is 2.15 bits per heavy atom. The third kappa shape index (κ3) is 5.17. The Bertz CT molecular complexity index is 618. The Balaban J connectivity index is 0.00000126. The summed E-state index contributed by atoms with van der Waals surface area (Å²) in [4.78, 5) is 23.3. The molecule has 2 fully saturated rings. The molecule has 1 saturated heterocycles. The van der Waals surface area contributed by atoms with Crippen molar-refractivity contribution in [3.8, 4) is 0 Å². The molecule has 2 amide bonds. The lowest BCUT2D eigenvalue weighted by atomic mass is 9.80. The third-order valence-electron chi connectivity index (χ3n) is 5.58. The number of methoxy groups -OCH3 is 1. The van der Waals surface area contributed by atoms with Gasteiger partial charge < -0.3 is 9.47 Å². The summed E-state index contributed by atoms with van der Waals surface area (Å²) in [6.45, 7) is 6.67. The molecule has 0 spiro atoms. The van der Waals surface area contributed by atoms with Gasteiger partial charge in [0.2, 0.25) is 11.8 Å². The minimum Gasteiger partial charge on any atom is -0.353 e. The van der Waals surface area contributed by atoms with E-state index in [9.17, 15) is 9.59 Å². The first-order valence-corrected chi connectivity index (χ1v) is 10.2. The van der Waals surface area contributed by atoms with Crippen molar-refractivity contribution in [2.24, 2.45) is 0 Å². The summed E-state index contributed by atoms with van der Waals surface area (Å²) in [7, 11) is 1.73. The SMILES string of the molecule is CC.CCOC1(OC)CCC(c2ccc(C3CCC(=O)NC3=O)cc2)CC1. The van der Waals surface area contributed by atoms with Gasteiger partial charge in [-0.3, -0.25) is 14.9 Å². The number of piperidine rings is 1. The smallest absolute Gasteiger partial charge is 0.234 e. The molecule has 27 heavy (non-hydrogen) atoms. The van der Waals surface area contributed by atoms with Crippen LogP contribution in [0.5, 0.6) is 0 Å². The van der Waals surface area contributed by atoms with Crippen LogP contribution in [0.25, 0.3) is 0 Å². The summed E-state index contributed by atoms with van der Waals surface area (Å²) in [5.74, 6) is -0.478. The highest BCUT2D eigenvalue weighted by Crippen LogP contribution is 2.40. The number of nitrogens with one attached hydrogen (secondary N) is 1. The first kappa shape index (κ1) is 21.6. The molecule has 150 valence electrons. The van der Waals surface area contributed by atoms with Crippen molar-refractivity contribution in [3.63, 3.8) is 0 Å². The van der Waals surface area contributed by atoms with Crippen LogP contribution in [-0.4, -0.2) is 31.3 Å². The lowest BCUT2D eigenvalue weighted by Crippen LogP contribution is -2.39. The molecular formula is C22H33NO4. The van der Waals surface area contributed by atoms with E-state index in [0.717, 1.165) is 31.2 Å². The van der Waals surface area contributed by atoms with E-state index in [4.69, 9.17) is 9.47 Å². The molecule has 1 aromatic carbocycles. The Hall–Kier alpha value is -1.72. The fraction of sp³-hybridized carbons (Fsp3) is 0.636. The monoisotopic (exact) mass is 375 g/mol. The molecule has 0 bridgehead atoms. The summed E-state index contributed by atoms with van der Waals surface area (Å²) in [5, 5.41) is 2.43. The number of hydrogen-bond donors (Lipinski definition) is 1. The van der Waals surface area contributed by atoms with Crippen LogP contribution in [0.2, 0.25) is 0 Å². The van der Waals surface area contributed by atoms with Crippen molar-refractivity contribution in [1.29, 1.82) is 0 Å². The summed E-state index contributed by atoms with van der Waals surface area (Å²) >= 11 is 0. The van der Waals surface area contributed by atoms with Gasteiger partial charge in [0, 0.05) is 33.0 Å². The van der Waals surface area contributed by atoms with Gasteiger partial charge in [0.1, 0.15) is 0 Å².